The summed E-state index contributed by atoms with van der Waals surface area (Å²) in [7, 11) is 0. The minimum atomic E-state index is 1.10. The summed E-state index contributed by atoms with van der Waals surface area (Å²) < 4.78 is 0. The molecule has 0 atom stereocenters. The van der Waals surface area contributed by atoms with Crippen LogP contribution in [-0.4, -0.2) is 4.98 Å². The second-order valence-electron chi connectivity index (χ2n) is 5.89. The molecular weight excluding hydrogens is 266 g/mol. The van der Waals surface area contributed by atoms with Crippen molar-refractivity contribution in [3.05, 3.63) is 65.9 Å². The van der Waals surface area contributed by atoms with Crippen LogP contribution in [0.3, 0.4) is 0 Å². The lowest BCUT2D eigenvalue weighted by Crippen LogP contribution is -1.98. The van der Waals surface area contributed by atoms with Crippen molar-refractivity contribution in [3.63, 3.8) is 0 Å². The first-order valence-electron chi connectivity index (χ1n) is 8.25. The molecule has 3 aromatic rings. The van der Waals surface area contributed by atoms with Gasteiger partial charge in [0.05, 0.1) is 5.69 Å². The molecule has 1 heterocycles. The van der Waals surface area contributed by atoms with Crippen molar-refractivity contribution in [2.75, 3.05) is 0 Å². The predicted molar refractivity (Wildman–Crippen MR) is 95.1 cm³/mol. The highest BCUT2D eigenvalue weighted by molar-refractivity contribution is 5.97. The van der Waals surface area contributed by atoms with E-state index in [0.717, 1.165) is 12.1 Å². The van der Waals surface area contributed by atoms with Gasteiger partial charge in [0.15, 0.2) is 0 Å². The molecule has 0 unspecified atom stereocenters. The number of hydrogen-bond acceptors (Lipinski definition) is 1. The van der Waals surface area contributed by atoms with E-state index in [1.165, 1.54) is 46.9 Å². The van der Waals surface area contributed by atoms with E-state index < -0.39 is 0 Å². The van der Waals surface area contributed by atoms with Crippen molar-refractivity contribution < 1.29 is 0 Å². The van der Waals surface area contributed by atoms with E-state index >= 15 is 0 Å². The smallest absolute Gasteiger partial charge is 0.0783 e. The second-order valence-corrected chi connectivity index (χ2v) is 5.89. The zero-order valence-electron chi connectivity index (χ0n) is 13.5. The van der Waals surface area contributed by atoms with Gasteiger partial charge in [0.1, 0.15) is 0 Å². The summed E-state index contributed by atoms with van der Waals surface area (Å²) in [4.78, 5) is 4.95. The van der Waals surface area contributed by atoms with Gasteiger partial charge in [-0.15, -0.1) is 0 Å². The minimum absolute atomic E-state index is 1.10. The Balaban J connectivity index is 2.15. The van der Waals surface area contributed by atoms with Crippen molar-refractivity contribution in [1.29, 1.82) is 0 Å². The minimum Gasteiger partial charge on any atom is -0.252 e. The summed E-state index contributed by atoms with van der Waals surface area (Å²) in [5.41, 5.74) is 4.90. The Labute approximate surface area is 133 Å². The normalized spacial score (nSPS) is 11.0. The lowest BCUT2D eigenvalue weighted by molar-refractivity contribution is 0.716. The summed E-state index contributed by atoms with van der Waals surface area (Å²) in [6.07, 6.45) is 4.91. The number of unbranched alkanes of at least 4 members (excludes halogenated alkanes) is 2. The molecule has 0 saturated carbocycles. The van der Waals surface area contributed by atoms with Crippen LogP contribution in [-0.2, 0) is 6.42 Å². The molecule has 1 heteroatoms. The van der Waals surface area contributed by atoms with E-state index in [-0.39, 0.29) is 0 Å². The fraction of sp³-hybridized carbons (Fsp3) is 0.286. The van der Waals surface area contributed by atoms with Crippen LogP contribution in [0.2, 0.25) is 0 Å². The van der Waals surface area contributed by atoms with Crippen LogP contribution >= 0.6 is 0 Å². The highest BCUT2D eigenvalue weighted by atomic mass is 14.7. The molecule has 2 aromatic carbocycles. The van der Waals surface area contributed by atoms with Gasteiger partial charge >= 0.3 is 0 Å². The first-order valence-corrected chi connectivity index (χ1v) is 8.25. The fourth-order valence-electron chi connectivity index (χ4n) is 3.13. The summed E-state index contributed by atoms with van der Waals surface area (Å²) in [6, 6.07) is 19.2. The molecular formula is C21H23N. The van der Waals surface area contributed by atoms with Crippen molar-refractivity contribution in [1.82, 2.24) is 4.98 Å². The summed E-state index contributed by atoms with van der Waals surface area (Å²) in [5, 5.41) is 2.63. The molecule has 0 saturated heterocycles. The molecule has 0 spiro atoms. The number of hydrogen-bond donors (Lipinski definition) is 0. The zero-order valence-corrected chi connectivity index (χ0v) is 13.5. The number of aryl methyl sites for hydroxylation is 2. The Hall–Kier alpha value is -2.15. The first kappa shape index (κ1) is 14.8. The number of fused-ring (bicyclic) bond motifs is 1. The van der Waals surface area contributed by atoms with Crippen molar-refractivity contribution in [2.24, 2.45) is 0 Å². The van der Waals surface area contributed by atoms with Gasteiger partial charge in [-0.25, -0.2) is 0 Å². The topological polar surface area (TPSA) is 12.9 Å². The van der Waals surface area contributed by atoms with Gasteiger partial charge in [0.2, 0.25) is 0 Å². The summed E-state index contributed by atoms with van der Waals surface area (Å²) >= 11 is 0. The van der Waals surface area contributed by atoms with E-state index in [1.807, 2.05) is 0 Å². The van der Waals surface area contributed by atoms with E-state index in [2.05, 4.69) is 68.4 Å². The molecule has 1 nitrogen and oxygen atoms in total. The molecule has 22 heavy (non-hydrogen) atoms. The molecule has 0 fully saturated rings. The van der Waals surface area contributed by atoms with Gasteiger partial charge in [0, 0.05) is 16.6 Å². The van der Waals surface area contributed by atoms with E-state index in [4.69, 9.17) is 4.98 Å². The number of rotatable bonds is 5. The Morgan fingerprint density at radius 1 is 0.818 bits per heavy atom. The van der Waals surface area contributed by atoms with Crippen LogP contribution in [0.25, 0.3) is 22.0 Å². The summed E-state index contributed by atoms with van der Waals surface area (Å²) in [6.45, 7) is 4.40. The maximum Gasteiger partial charge on any atom is 0.0783 e. The van der Waals surface area contributed by atoms with Gasteiger partial charge in [-0.2, -0.15) is 0 Å². The van der Waals surface area contributed by atoms with Gasteiger partial charge in [-0.3, -0.25) is 4.98 Å². The fourth-order valence-corrected chi connectivity index (χ4v) is 3.13. The van der Waals surface area contributed by atoms with Crippen LogP contribution in [0, 0.1) is 6.92 Å². The third kappa shape index (κ3) is 2.89. The zero-order chi connectivity index (χ0) is 15.4. The number of nitrogens with zero attached hydrogens (tertiary/aromatic N) is 1. The van der Waals surface area contributed by atoms with Gasteiger partial charge in [-0.05, 0) is 30.7 Å². The third-order valence-electron chi connectivity index (χ3n) is 4.30. The van der Waals surface area contributed by atoms with Crippen LogP contribution in [0.5, 0.6) is 0 Å². The average Bonchev–Trinajstić information content (AvgIpc) is 2.57. The Bertz CT molecular complexity index is 759. The van der Waals surface area contributed by atoms with Crippen LogP contribution in [0.4, 0.5) is 0 Å². The molecule has 0 bridgehead atoms. The molecule has 1 aromatic heterocycles. The Kier molecular flexibility index (Phi) is 4.53. The molecule has 112 valence electrons. The number of benzene rings is 2. The number of pyridine rings is 1. The molecule has 0 radical (unpaired) electrons. The monoisotopic (exact) mass is 289 g/mol. The number of aromatic nitrogens is 1. The van der Waals surface area contributed by atoms with Crippen molar-refractivity contribution in [3.8, 4) is 11.3 Å². The predicted octanol–water partition coefficient (Wildman–Crippen LogP) is 5.94. The molecule has 3 rings (SSSR count). The van der Waals surface area contributed by atoms with Crippen LogP contribution in [0.15, 0.2) is 54.6 Å². The highest BCUT2D eigenvalue weighted by Gasteiger charge is 2.12. The molecule has 0 aliphatic heterocycles. The lowest BCUT2D eigenvalue weighted by Gasteiger charge is -2.14. The van der Waals surface area contributed by atoms with E-state index in [9.17, 15) is 0 Å². The van der Waals surface area contributed by atoms with Gasteiger partial charge in [0.25, 0.3) is 0 Å². The Morgan fingerprint density at radius 3 is 2.23 bits per heavy atom. The van der Waals surface area contributed by atoms with Crippen LogP contribution < -0.4 is 0 Å². The van der Waals surface area contributed by atoms with E-state index in [0.29, 0.717) is 0 Å². The highest BCUT2D eigenvalue weighted by Crippen LogP contribution is 2.31. The first-order chi connectivity index (χ1) is 10.8. The quantitative estimate of drug-likeness (QED) is 0.529. The molecule has 0 amide bonds. The Morgan fingerprint density at radius 2 is 1.50 bits per heavy atom. The largest absolute Gasteiger partial charge is 0.252 e. The van der Waals surface area contributed by atoms with Gasteiger partial charge < -0.3 is 0 Å². The molecule has 0 N–H and O–H groups in total. The van der Waals surface area contributed by atoms with E-state index in [1.54, 1.807) is 0 Å². The van der Waals surface area contributed by atoms with Gasteiger partial charge in [-0.1, -0.05) is 74.4 Å². The maximum atomic E-state index is 4.95. The molecule has 0 aliphatic carbocycles. The third-order valence-corrected chi connectivity index (χ3v) is 4.30. The van der Waals surface area contributed by atoms with Crippen molar-refractivity contribution >= 4 is 10.8 Å². The summed E-state index contributed by atoms with van der Waals surface area (Å²) in [5.74, 6) is 0. The standard InChI is InChI=1S/C21H23N/c1-3-4-6-13-18-16(2)22-21(17-11-7-5-8-12-17)20-15-10-9-14-19(18)20/h5,7-12,14-15H,3-4,6,13H2,1-2H3. The van der Waals surface area contributed by atoms with Crippen LogP contribution in [0.1, 0.15) is 37.4 Å². The lowest BCUT2D eigenvalue weighted by atomic mass is 9.95. The van der Waals surface area contributed by atoms with Crippen molar-refractivity contribution in [2.45, 2.75) is 39.5 Å². The molecule has 0 aliphatic rings. The second kappa shape index (κ2) is 6.74. The maximum absolute atomic E-state index is 4.95. The SMILES string of the molecule is CCCCCc1c(C)nc(-c2ccccc2)c2ccccc12. The average molecular weight is 289 g/mol.